The van der Waals surface area contributed by atoms with Crippen LogP contribution in [0.15, 0.2) is 54.7 Å². The molecule has 0 unspecified atom stereocenters. The Bertz CT molecular complexity index is 528. The van der Waals surface area contributed by atoms with E-state index in [9.17, 15) is 4.79 Å². The number of hydrogen-bond donors (Lipinski definition) is 1. The Balaban J connectivity index is 1.89. The first-order valence-electron chi connectivity index (χ1n) is 6.80. The lowest BCUT2D eigenvalue weighted by molar-refractivity contribution is 0.215. The van der Waals surface area contributed by atoms with Crippen LogP contribution in [0.3, 0.4) is 0 Å². The van der Waals surface area contributed by atoms with Gasteiger partial charge in [-0.25, -0.2) is 4.79 Å². The lowest BCUT2D eigenvalue weighted by Gasteiger charge is -2.21. The molecule has 0 radical (unpaired) electrons. The summed E-state index contributed by atoms with van der Waals surface area (Å²) >= 11 is 0. The van der Waals surface area contributed by atoms with E-state index in [0.29, 0.717) is 13.1 Å². The average molecular weight is 269 g/mol. The second kappa shape index (κ2) is 7.28. The monoisotopic (exact) mass is 269 g/mol. The molecule has 0 bridgehead atoms. The van der Waals surface area contributed by atoms with Crippen LogP contribution < -0.4 is 5.32 Å². The molecule has 2 amide bonds. The number of anilines is 1. The van der Waals surface area contributed by atoms with E-state index in [1.807, 2.05) is 55.5 Å². The van der Waals surface area contributed by atoms with E-state index in [0.717, 1.165) is 17.8 Å². The molecule has 1 heterocycles. The smallest absolute Gasteiger partial charge is 0.321 e. The van der Waals surface area contributed by atoms with Gasteiger partial charge in [0.25, 0.3) is 0 Å². The molecule has 0 fully saturated rings. The van der Waals surface area contributed by atoms with E-state index in [2.05, 4.69) is 10.3 Å². The molecule has 20 heavy (non-hydrogen) atoms. The summed E-state index contributed by atoms with van der Waals surface area (Å²) in [7, 11) is 0. The second-order valence-corrected chi connectivity index (χ2v) is 4.45. The molecule has 1 N–H and O–H groups in total. The zero-order valence-electron chi connectivity index (χ0n) is 11.6. The number of nitrogens with zero attached hydrogens (tertiary/aromatic N) is 2. The lowest BCUT2D eigenvalue weighted by Crippen LogP contribution is -2.36. The Kier molecular flexibility index (Phi) is 5.12. The van der Waals surface area contributed by atoms with Crippen molar-refractivity contribution < 1.29 is 4.79 Å². The number of nitrogens with one attached hydrogen (secondary N) is 1. The molecule has 0 atom stereocenters. The van der Waals surface area contributed by atoms with Crippen molar-refractivity contribution in [1.29, 1.82) is 0 Å². The quantitative estimate of drug-likeness (QED) is 0.906. The highest BCUT2D eigenvalue weighted by Gasteiger charge is 2.11. The second-order valence-electron chi connectivity index (χ2n) is 4.45. The van der Waals surface area contributed by atoms with Crippen LogP contribution in [0.4, 0.5) is 10.5 Å². The van der Waals surface area contributed by atoms with Gasteiger partial charge in [-0.05, 0) is 31.2 Å². The molecular weight excluding hydrogens is 250 g/mol. The molecule has 0 spiro atoms. The minimum absolute atomic E-state index is 0.0744. The number of likely N-dealkylation sites (N-methyl/N-ethyl adjacent to an activating group) is 1. The van der Waals surface area contributed by atoms with E-state index in [4.69, 9.17) is 0 Å². The van der Waals surface area contributed by atoms with Crippen LogP contribution in [-0.4, -0.2) is 29.0 Å². The molecule has 0 aliphatic carbocycles. The highest BCUT2D eigenvalue weighted by atomic mass is 16.2. The maximum Gasteiger partial charge on any atom is 0.321 e. The van der Waals surface area contributed by atoms with Gasteiger partial charge in [-0.1, -0.05) is 24.3 Å². The number of urea groups is 1. The average Bonchev–Trinajstić information content (AvgIpc) is 2.50. The molecule has 0 aliphatic rings. The summed E-state index contributed by atoms with van der Waals surface area (Å²) in [6.07, 6.45) is 2.53. The van der Waals surface area contributed by atoms with Crippen molar-refractivity contribution in [3.8, 4) is 0 Å². The van der Waals surface area contributed by atoms with Crippen LogP contribution in [0, 0.1) is 0 Å². The van der Waals surface area contributed by atoms with Gasteiger partial charge in [0.1, 0.15) is 0 Å². The maximum absolute atomic E-state index is 12.2. The first-order chi connectivity index (χ1) is 9.79. The third-order valence-corrected chi connectivity index (χ3v) is 3.06. The fourth-order valence-electron chi connectivity index (χ4n) is 1.92. The SMILES string of the molecule is CCN(CCc1ccccn1)C(=O)Nc1ccccc1. The van der Waals surface area contributed by atoms with Crippen LogP contribution in [0.5, 0.6) is 0 Å². The lowest BCUT2D eigenvalue weighted by atomic mass is 10.2. The van der Waals surface area contributed by atoms with Crippen molar-refractivity contribution in [1.82, 2.24) is 9.88 Å². The number of hydrogen-bond acceptors (Lipinski definition) is 2. The van der Waals surface area contributed by atoms with E-state index in [-0.39, 0.29) is 6.03 Å². The zero-order chi connectivity index (χ0) is 14.2. The van der Waals surface area contributed by atoms with Crippen LogP contribution in [0.1, 0.15) is 12.6 Å². The fourth-order valence-corrected chi connectivity index (χ4v) is 1.92. The van der Waals surface area contributed by atoms with Gasteiger partial charge in [-0.2, -0.15) is 0 Å². The van der Waals surface area contributed by atoms with Crippen LogP contribution in [-0.2, 0) is 6.42 Å². The Labute approximate surface area is 119 Å². The fraction of sp³-hybridized carbons (Fsp3) is 0.250. The molecule has 2 rings (SSSR count). The number of benzene rings is 1. The Morgan fingerprint density at radius 3 is 2.55 bits per heavy atom. The predicted molar refractivity (Wildman–Crippen MR) is 80.6 cm³/mol. The van der Waals surface area contributed by atoms with Gasteiger partial charge >= 0.3 is 6.03 Å². The van der Waals surface area contributed by atoms with Crippen molar-refractivity contribution in [2.45, 2.75) is 13.3 Å². The molecule has 1 aromatic heterocycles. The molecule has 104 valence electrons. The summed E-state index contributed by atoms with van der Waals surface area (Å²) in [5.74, 6) is 0. The number of rotatable bonds is 5. The molecule has 0 saturated heterocycles. The molecule has 2 aromatic rings. The Morgan fingerprint density at radius 2 is 1.90 bits per heavy atom. The third kappa shape index (κ3) is 4.09. The normalized spacial score (nSPS) is 10.1. The van der Waals surface area contributed by atoms with E-state index in [1.165, 1.54) is 0 Å². The molecule has 0 saturated carbocycles. The summed E-state index contributed by atoms with van der Waals surface area (Å²) in [5.41, 5.74) is 1.81. The van der Waals surface area contributed by atoms with Crippen LogP contribution in [0.25, 0.3) is 0 Å². The maximum atomic E-state index is 12.2. The molecule has 4 nitrogen and oxygen atoms in total. The summed E-state index contributed by atoms with van der Waals surface area (Å²) < 4.78 is 0. The minimum Gasteiger partial charge on any atom is -0.324 e. The predicted octanol–water partition coefficient (Wildman–Crippen LogP) is 3.18. The molecule has 4 heteroatoms. The van der Waals surface area contributed by atoms with Crippen molar-refractivity contribution >= 4 is 11.7 Å². The van der Waals surface area contributed by atoms with E-state index in [1.54, 1.807) is 11.1 Å². The Morgan fingerprint density at radius 1 is 1.15 bits per heavy atom. The number of pyridine rings is 1. The van der Waals surface area contributed by atoms with Gasteiger partial charge in [-0.15, -0.1) is 0 Å². The standard InChI is InChI=1S/C16H19N3O/c1-2-19(13-11-14-8-6-7-12-17-14)16(20)18-15-9-4-3-5-10-15/h3-10,12H,2,11,13H2,1H3,(H,18,20). The molecular formula is C16H19N3O. The number of aromatic nitrogens is 1. The van der Waals surface area contributed by atoms with Gasteiger partial charge in [0.15, 0.2) is 0 Å². The van der Waals surface area contributed by atoms with Crippen molar-refractivity contribution in [3.63, 3.8) is 0 Å². The summed E-state index contributed by atoms with van der Waals surface area (Å²) in [6, 6.07) is 15.2. The van der Waals surface area contributed by atoms with Crippen molar-refractivity contribution in [2.75, 3.05) is 18.4 Å². The highest BCUT2D eigenvalue weighted by molar-refractivity contribution is 5.89. The van der Waals surface area contributed by atoms with Gasteiger partial charge in [-0.3, -0.25) is 4.98 Å². The molecule has 1 aromatic carbocycles. The van der Waals surface area contributed by atoms with E-state index >= 15 is 0 Å². The van der Waals surface area contributed by atoms with Gasteiger partial charge in [0, 0.05) is 37.1 Å². The number of carbonyl (C=O) groups is 1. The van der Waals surface area contributed by atoms with Gasteiger partial charge in [0.2, 0.25) is 0 Å². The van der Waals surface area contributed by atoms with Crippen molar-refractivity contribution in [2.24, 2.45) is 0 Å². The van der Waals surface area contributed by atoms with Gasteiger partial charge < -0.3 is 10.2 Å². The van der Waals surface area contributed by atoms with E-state index < -0.39 is 0 Å². The van der Waals surface area contributed by atoms with Crippen molar-refractivity contribution in [3.05, 3.63) is 60.4 Å². The summed E-state index contributed by atoms with van der Waals surface area (Å²) in [4.78, 5) is 18.2. The summed E-state index contributed by atoms with van der Waals surface area (Å²) in [5, 5.41) is 2.90. The largest absolute Gasteiger partial charge is 0.324 e. The number of para-hydroxylation sites is 1. The Hall–Kier alpha value is -2.36. The number of carbonyl (C=O) groups excluding carboxylic acids is 1. The topological polar surface area (TPSA) is 45.2 Å². The number of amides is 2. The zero-order valence-corrected chi connectivity index (χ0v) is 11.6. The molecule has 0 aliphatic heterocycles. The third-order valence-electron chi connectivity index (χ3n) is 3.06. The first-order valence-corrected chi connectivity index (χ1v) is 6.80. The van der Waals surface area contributed by atoms with Crippen LogP contribution in [0.2, 0.25) is 0 Å². The minimum atomic E-state index is -0.0744. The van der Waals surface area contributed by atoms with Gasteiger partial charge in [0.05, 0.1) is 0 Å². The highest BCUT2D eigenvalue weighted by Crippen LogP contribution is 2.07. The van der Waals surface area contributed by atoms with Crippen LogP contribution >= 0.6 is 0 Å². The summed E-state index contributed by atoms with van der Waals surface area (Å²) in [6.45, 7) is 3.31. The first kappa shape index (κ1) is 14.1.